The van der Waals surface area contributed by atoms with Crippen molar-refractivity contribution in [3.63, 3.8) is 0 Å². The zero-order chi connectivity index (χ0) is 20.1. The molecule has 3 aromatic rings. The largest absolute Gasteiger partial charge is 0.465 e. The van der Waals surface area contributed by atoms with E-state index in [-0.39, 0.29) is 12.3 Å². The van der Waals surface area contributed by atoms with Gasteiger partial charge in [0.15, 0.2) is 4.67 Å². The molecule has 3 N–H and O–H groups in total. The maximum absolute atomic E-state index is 12.9. The third-order valence-corrected chi connectivity index (χ3v) is 5.25. The van der Waals surface area contributed by atoms with Crippen LogP contribution in [0.1, 0.15) is 18.1 Å². The fourth-order valence-electron chi connectivity index (χ4n) is 3.16. The van der Waals surface area contributed by atoms with Crippen molar-refractivity contribution in [3.05, 3.63) is 70.4 Å². The average Bonchev–Trinajstić information content (AvgIpc) is 2.97. The van der Waals surface area contributed by atoms with Gasteiger partial charge in [-0.25, -0.2) is 4.79 Å². The summed E-state index contributed by atoms with van der Waals surface area (Å²) in [4.78, 5) is 24.2. The van der Waals surface area contributed by atoms with Crippen molar-refractivity contribution >= 4 is 38.9 Å². The summed E-state index contributed by atoms with van der Waals surface area (Å²) in [5, 5.41) is 15.3. The van der Waals surface area contributed by atoms with Gasteiger partial charge in [-0.1, -0.05) is 48.5 Å². The predicted octanol–water partition coefficient (Wildman–Crippen LogP) is 4.12. The first-order chi connectivity index (χ1) is 13.4. The van der Waals surface area contributed by atoms with Gasteiger partial charge in [-0.2, -0.15) is 0 Å². The quantitative estimate of drug-likeness (QED) is 0.510. The van der Waals surface area contributed by atoms with E-state index >= 15 is 0 Å². The topological polar surface area (TPSA) is 91.6 Å². The molecular weight excluding hydrogens is 424 g/mol. The van der Waals surface area contributed by atoms with Crippen LogP contribution in [0.4, 0.5) is 4.79 Å². The summed E-state index contributed by atoms with van der Waals surface area (Å²) in [6, 6.07) is 17.2. The number of nitrogens with one attached hydrogen (secondary N) is 2. The number of para-hydroxylation sites is 1. The second-order valence-electron chi connectivity index (χ2n) is 6.78. The summed E-state index contributed by atoms with van der Waals surface area (Å²) < 4.78 is 6.17. The number of carboxylic acid groups (broad SMARTS) is 1. The number of benzene rings is 2. The molecule has 2 aromatic carbocycles. The highest BCUT2D eigenvalue weighted by atomic mass is 79.9. The molecular formula is C21H21BrN2O4. The normalized spacial score (nSPS) is 13.1. The number of carbonyl (C=O) groups is 2. The van der Waals surface area contributed by atoms with Crippen molar-refractivity contribution in [1.29, 1.82) is 0 Å². The minimum atomic E-state index is -1.35. The van der Waals surface area contributed by atoms with Crippen LogP contribution >= 0.6 is 15.9 Å². The number of furan rings is 1. The Kier molecular flexibility index (Phi) is 6.04. The molecule has 0 bridgehead atoms. The molecule has 146 valence electrons. The molecule has 6 nitrogen and oxygen atoms in total. The Balaban J connectivity index is 1.78. The van der Waals surface area contributed by atoms with Crippen molar-refractivity contribution < 1.29 is 19.1 Å². The van der Waals surface area contributed by atoms with Crippen LogP contribution in [0.3, 0.4) is 0 Å². The number of carbonyl (C=O) groups excluding carboxylic acids is 1. The Morgan fingerprint density at radius 2 is 1.79 bits per heavy atom. The van der Waals surface area contributed by atoms with E-state index in [1.54, 1.807) is 6.92 Å². The smallest absolute Gasteiger partial charge is 0.405 e. The number of amides is 2. The lowest BCUT2D eigenvalue weighted by Gasteiger charge is -2.28. The number of rotatable bonds is 7. The van der Waals surface area contributed by atoms with Crippen molar-refractivity contribution in [3.8, 4) is 0 Å². The molecule has 0 saturated carbocycles. The molecule has 0 saturated heterocycles. The molecule has 28 heavy (non-hydrogen) atoms. The molecule has 0 fully saturated rings. The lowest BCUT2D eigenvalue weighted by molar-refractivity contribution is -0.126. The van der Waals surface area contributed by atoms with Crippen molar-refractivity contribution in [1.82, 2.24) is 10.6 Å². The lowest BCUT2D eigenvalue weighted by atomic mass is 9.91. The Morgan fingerprint density at radius 3 is 2.50 bits per heavy atom. The highest BCUT2D eigenvalue weighted by Crippen LogP contribution is 2.32. The van der Waals surface area contributed by atoms with Crippen molar-refractivity contribution in [2.24, 2.45) is 0 Å². The van der Waals surface area contributed by atoms with E-state index in [4.69, 9.17) is 4.42 Å². The van der Waals surface area contributed by atoms with Crippen LogP contribution in [0.15, 0.2) is 63.7 Å². The Morgan fingerprint density at radius 1 is 1.11 bits per heavy atom. The SMILES string of the molecule is CC(Cc1c(Br)oc2ccccc12)(NC(=O)O)C(=O)NCCc1ccccc1. The van der Waals surface area contributed by atoms with Crippen LogP contribution in [-0.4, -0.2) is 29.2 Å². The lowest BCUT2D eigenvalue weighted by Crippen LogP contribution is -2.58. The van der Waals surface area contributed by atoms with E-state index in [9.17, 15) is 14.7 Å². The minimum Gasteiger partial charge on any atom is -0.465 e. The van der Waals surface area contributed by atoms with E-state index in [2.05, 4.69) is 26.6 Å². The number of hydrogen-bond donors (Lipinski definition) is 3. The Hall–Kier alpha value is -2.80. The van der Waals surface area contributed by atoms with E-state index in [0.717, 1.165) is 16.5 Å². The molecule has 0 aliphatic heterocycles. The molecule has 0 spiro atoms. The molecule has 1 atom stereocenters. The summed E-state index contributed by atoms with van der Waals surface area (Å²) in [7, 11) is 0. The van der Waals surface area contributed by atoms with Crippen molar-refractivity contribution in [2.45, 2.75) is 25.3 Å². The van der Waals surface area contributed by atoms with Crippen LogP contribution < -0.4 is 10.6 Å². The van der Waals surface area contributed by atoms with Gasteiger partial charge in [0, 0.05) is 23.9 Å². The molecule has 7 heteroatoms. The van der Waals surface area contributed by atoms with Crippen LogP contribution in [0.25, 0.3) is 11.0 Å². The fraction of sp³-hybridized carbons (Fsp3) is 0.238. The first-order valence-electron chi connectivity index (χ1n) is 8.88. The summed E-state index contributed by atoms with van der Waals surface area (Å²) in [6.45, 7) is 1.99. The molecule has 1 unspecified atom stereocenters. The first kappa shape index (κ1) is 19.9. The predicted molar refractivity (Wildman–Crippen MR) is 110 cm³/mol. The molecule has 0 aliphatic rings. The van der Waals surface area contributed by atoms with Gasteiger partial charge in [-0.3, -0.25) is 4.79 Å². The van der Waals surface area contributed by atoms with Gasteiger partial charge in [0.2, 0.25) is 5.91 Å². The van der Waals surface area contributed by atoms with Gasteiger partial charge in [-0.15, -0.1) is 0 Å². The number of hydrogen-bond acceptors (Lipinski definition) is 3. The molecule has 1 heterocycles. The maximum Gasteiger partial charge on any atom is 0.405 e. The molecule has 2 amide bonds. The second kappa shape index (κ2) is 8.48. The van der Waals surface area contributed by atoms with Crippen molar-refractivity contribution in [2.75, 3.05) is 6.54 Å². The van der Waals surface area contributed by atoms with E-state index in [1.807, 2.05) is 54.6 Å². The molecule has 0 aliphatic carbocycles. The summed E-state index contributed by atoms with van der Waals surface area (Å²) >= 11 is 3.39. The summed E-state index contributed by atoms with van der Waals surface area (Å²) in [5.74, 6) is -0.386. The number of halogens is 1. The Labute approximate surface area is 171 Å². The maximum atomic E-state index is 12.9. The van der Waals surface area contributed by atoms with Crippen LogP contribution in [0.5, 0.6) is 0 Å². The van der Waals surface area contributed by atoms with Gasteiger partial charge in [0.25, 0.3) is 0 Å². The van der Waals surface area contributed by atoms with Gasteiger partial charge in [0.1, 0.15) is 11.1 Å². The molecule has 1 aromatic heterocycles. The third kappa shape index (κ3) is 4.54. The van der Waals surface area contributed by atoms with Crippen LogP contribution in [0, 0.1) is 0 Å². The monoisotopic (exact) mass is 444 g/mol. The van der Waals surface area contributed by atoms with Crippen LogP contribution in [-0.2, 0) is 17.6 Å². The average molecular weight is 445 g/mol. The minimum absolute atomic E-state index is 0.147. The Bertz CT molecular complexity index is 986. The highest BCUT2D eigenvalue weighted by Gasteiger charge is 2.37. The van der Waals surface area contributed by atoms with E-state index < -0.39 is 11.6 Å². The van der Waals surface area contributed by atoms with Gasteiger partial charge in [-0.05, 0) is 40.9 Å². The molecule has 0 radical (unpaired) electrons. The third-order valence-electron chi connectivity index (χ3n) is 4.61. The zero-order valence-electron chi connectivity index (χ0n) is 15.4. The number of fused-ring (bicyclic) bond motifs is 1. The summed E-state index contributed by atoms with van der Waals surface area (Å²) in [6.07, 6.45) is -0.452. The fourth-order valence-corrected chi connectivity index (χ4v) is 3.69. The molecule has 3 rings (SSSR count). The van der Waals surface area contributed by atoms with Crippen LogP contribution in [0.2, 0.25) is 0 Å². The van der Waals surface area contributed by atoms with Gasteiger partial charge >= 0.3 is 6.09 Å². The van der Waals surface area contributed by atoms with Gasteiger partial charge in [0.05, 0.1) is 0 Å². The standard InChI is InChI=1S/C21H21BrN2O4/c1-21(24-20(26)27,19(25)23-12-11-14-7-3-2-4-8-14)13-16-15-9-5-6-10-17(15)28-18(16)22/h2-10,24H,11-13H2,1H3,(H,23,25)(H,26,27). The first-order valence-corrected chi connectivity index (χ1v) is 9.67. The zero-order valence-corrected chi connectivity index (χ0v) is 17.0. The van der Waals surface area contributed by atoms with E-state index in [1.165, 1.54) is 0 Å². The van der Waals surface area contributed by atoms with Gasteiger partial charge < -0.3 is 20.2 Å². The van der Waals surface area contributed by atoms with E-state index in [0.29, 0.717) is 23.2 Å². The summed E-state index contributed by atoms with van der Waals surface area (Å²) in [5.41, 5.74) is 1.16. The highest BCUT2D eigenvalue weighted by molar-refractivity contribution is 9.10. The second-order valence-corrected chi connectivity index (χ2v) is 7.50.